The third-order valence-electron chi connectivity index (χ3n) is 5.99. The Hall–Kier alpha value is -3.69. The van der Waals surface area contributed by atoms with E-state index in [9.17, 15) is 24.0 Å². The number of hydrogen-bond donors (Lipinski definition) is 0. The Morgan fingerprint density at radius 3 is 1.41 bits per heavy atom. The molecule has 0 fully saturated rings. The van der Waals surface area contributed by atoms with Crippen LogP contribution in [-0.2, 0) is 14.3 Å². The van der Waals surface area contributed by atoms with Crippen LogP contribution in [0.5, 0.6) is 0 Å². The molecule has 0 N–H and O–H groups in total. The summed E-state index contributed by atoms with van der Waals surface area (Å²) >= 11 is 0. The number of amides is 4. The highest BCUT2D eigenvalue weighted by molar-refractivity contribution is 6.22. The molecule has 2 aromatic rings. The maximum atomic E-state index is 12.2. The number of carbonyl (C=O) groups is 5. The second-order valence-electron chi connectivity index (χ2n) is 8.41. The highest BCUT2D eigenvalue weighted by atomic mass is 16.7. The minimum absolute atomic E-state index is 0.208. The van der Waals surface area contributed by atoms with E-state index in [1.807, 2.05) is 13.8 Å². The van der Waals surface area contributed by atoms with Crippen LogP contribution < -0.4 is 0 Å². The molecule has 0 aromatic heterocycles. The lowest BCUT2D eigenvalue weighted by Gasteiger charge is -2.18. The second-order valence-corrected chi connectivity index (χ2v) is 8.41. The highest BCUT2D eigenvalue weighted by Gasteiger charge is 2.35. The van der Waals surface area contributed by atoms with Gasteiger partial charge in [-0.2, -0.15) is 0 Å². The molecule has 0 bridgehead atoms. The monoisotopic (exact) mass is 508 g/mol. The van der Waals surface area contributed by atoms with Crippen molar-refractivity contribution in [3.8, 4) is 0 Å². The summed E-state index contributed by atoms with van der Waals surface area (Å²) in [6.45, 7) is 5.69. The van der Waals surface area contributed by atoms with Gasteiger partial charge >= 0.3 is 0 Å². The summed E-state index contributed by atoms with van der Waals surface area (Å²) in [7, 11) is 0. The Labute approximate surface area is 216 Å². The summed E-state index contributed by atoms with van der Waals surface area (Å²) in [6.07, 6.45) is 2.74. The molecule has 9 heteroatoms. The smallest absolute Gasteiger partial charge is 0.261 e. The van der Waals surface area contributed by atoms with Gasteiger partial charge in [0.25, 0.3) is 23.6 Å². The lowest BCUT2D eigenvalue weighted by atomic mass is 10.1. The van der Waals surface area contributed by atoms with Gasteiger partial charge in [0.1, 0.15) is 6.29 Å². The molecule has 0 radical (unpaired) electrons. The zero-order valence-corrected chi connectivity index (χ0v) is 21.2. The fraction of sp³-hybridized carbons (Fsp3) is 0.393. The molecule has 2 aliphatic heterocycles. The van der Waals surface area contributed by atoms with Crippen molar-refractivity contribution in [2.75, 3.05) is 26.3 Å². The summed E-state index contributed by atoms with van der Waals surface area (Å²) in [5.41, 5.74) is 1.90. The van der Waals surface area contributed by atoms with Crippen molar-refractivity contribution >= 4 is 29.9 Å². The Morgan fingerprint density at radius 2 is 1.05 bits per heavy atom. The largest absolute Gasteiger partial charge is 0.353 e. The highest BCUT2D eigenvalue weighted by Crippen LogP contribution is 2.23. The summed E-state index contributed by atoms with van der Waals surface area (Å²) in [4.78, 5) is 60.7. The van der Waals surface area contributed by atoms with E-state index in [1.165, 1.54) is 9.80 Å². The molecule has 2 aliphatic rings. The maximum absolute atomic E-state index is 12.2. The van der Waals surface area contributed by atoms with Crippen molar-refractivity contribution < 1.29 is 33.4 Å². The van der Waals surface area contributed by atoms with Gasteiger partial charge in [0.15, 0.2) is 6.29 Å². The van der Waals surface area contributed by atoms with E-state index in [0.717, 1.165) is 6.29 Å². The molecule has 196 valence electrons. The molecule has 0 spiro atoms. The summed E-state index contributed by atoms with van der Waals surface area (Å²) < 4.78 is 10.9. The molecule has 2 aromatic carbocycles. The SMILES string of the molecule is CCOC(CCCN1C(=O)c2ccccc2C1=O)OCC.O=CCCCN1C(=O)c2ccccc2C1=O. The summed E-state index contributed by atoms with van der Waals surface area (Å²) in [5.74, 6) is -0.932. The van der Waals surface area contributed by atoms with Crippen LogP contribution in [0.15, 0.2) is 48.5 Å². The van der Waals surface area contributed by atoms with E-state index in [1.54, 1.807) is 48.5 Å². The molecule has 37 heavy (non-hydrogen) atoms. The average molecular weight is 509 g/mol. The fourth-order valence-electron chi connectivity index (χ4n) is 4.22. The molecule has 4 rings (SSSR count). The number of aldehydes is 1. The first-order valence-corrected chi connectivity index (χ1v) is 12.5. The molecule has 0 saturated heterocycles. The van der Waals surface area contributed by atoms with Crippen molar-refractivity contribution in [1.82, 2.24) is 9.80 Å². The van der Waals surface area contributed by atoms with E-state index in [0.29, 0.717) is 74.2 Å². The van der Waals surface area contributed by atoms with Gasteiger partial charge in [-0.05, 0) is 51.0 Å². The number of benzene rings is 2. The van der Waals surface area contributed by atoms with Crippen LogP contribution in [0.2, 0.25) is 0 Å². The first-order valence-electron chi connectivity index (χ1n) is 12.5. The average Bonchev–Trinajstić information content (AvgIpc) is 3.30. The van der Waals surface area contributed by atoms with Crippen LogP contribution in [-0.4, -0.2) is 72.3 Å². The number of nitrogens with zero attached hydrogens (tertiary/aromatic N) is 2. The number of unbranched alkanes of at least 4 members (excludes halogenated alkanes) is 1. The third-order valence-corrected chi connectivity index (χ3v) is 5.99. The molecule has 0 aliphatic carbocycles. The zero-order chi connectivity index (χ0) is 26.8. The first-order chi connectivity index (χ1) is 17.9. The van der Waals surface area contributed by atoms with Crippen molar-refractivity contribution in [3.63, 3.8) is 0 Å². The molecule has 0 atom stereocenters. The molecular formula is C28H32N2O7. The lowest BCUT2D eigenvalue weighted by molar-refractivity contribution is -0.140. The lowest BCUT2D eigenvalue weighted by Crippen LogP contribution is -2.31. The number of carbonyl (C=O) groups excluding carboxylic acids is 5. The van der Waals surface area contributed by atoms with Crippen LogP contribution in [0.4, 0.5) is 0 Å². The van der Waals surface area contributed by atoms with Gasteiger partial charge in [-0.1, -0.05) is 24.3 Å². The van der Waals surface area contributed by atoms with Gasteiger partial charge in [-0.25, -0.2) is 0 Å². The molecule has 0 saturated carbocycles. The first kappa shape index (κ1) is 27.9. The molecular weight excluding hydrogens is 476 g/mol. The Balaban J connectivity index is 0.000000213. The van der Waals surface area contributed by atoms with Crippen LogP contribution >= 0.6 is 0 Å². The van der Waals surface area contributed by atoms with Gasteiger partial charge in [-0.15, -0.1) is 0 Å². The van der Waals surface area contributed by atoms with Crippen LogP contribution in [0.3, 0.4) is 0 Å². The van der Waals surface area contributed by atoms with Gasteiger partial charge in [-0.3, -0.25) is 29.0 Å². The topological polar surface area (TPSA) is 110 Å². The van der Waals surface area contributed by atoms with Crippen LogP contribution in [0.25, 0.3) is 0 Å². The normalized spacial score (nSPS) is 14.1. The van der Waals surface area contributed by atoms with E-state index in [-0.39, 0.29) is 29.9 Å². The number of hydrogen-bond acceptors (Lipinski definition) is 7. The third kappa shape index (κ3) is 6.55. The summed E-state index contributed by atoms with van der Waals surface area (Å²) in [5, 5.41) is 0. The number of ether oxygens (including phenoxy) is 2. The Bertz CT molecular complexity index is 1070. The Morgan fingerprint density at radius 1 is 0.676 bits per heavy atom. The second kappa shape index (κ2) is 13.6. The van der Waals surface area contributed by atoms with E-state index in [4.69, 9.17) is 9.47 Å². The van der Waals surface area contributed by atoms with Crippen molar-refractivity contribution in [1.29, 1.82) is 0 Å². The maximum Gasteiger partial charge on any atom is 0.261 e. The Kier molecular flexibility index (Phi) is 10.2. The standard InChI is InChI=1S/C16H21NO4.C12H11NO3/c1-3-20-14(21-4-2)10-7-11-17-15(18)12-8-5-6-9-13(12)16(17)19;14-8-4-3-7-13-11(15)9-5-1-2-6-10(9)12(13)16/h5-6,8-9,14H,3-4,7,10-11H2,1-2H3;1-2,5-6,8H,3-4,7H2. The minimum atomic E-state index is -0.268. The molecule has 4 amide bonds. The van der Waals surface area contributed by atoms with Crippen molar-refractivity contribution in [2.45, 2.75) is 45.8 Å². The quantitative estimate of drug-likeness (QED) is 0.186. The predicted molar refractivity (Wildman–Crippen MR) is 135 cm³/mol. The van der Waals surface area contributed by atoms with E-state index in [2.05, 4.69) is 0 Å². The molecule has 0 unspecified atom stereocenters. The van der Waals surface area contributed by atoms with E-state index >= 15 is 0 Å². The summed E-state index contributed by atoms with van der Waals surface area (Å²) in [6, 6.07) is 13.7. The fourth-order valence-corrected chi connectivity index (χ4v) is 4.22. The van der Waals surface area contributed by atoms with Crippen molar-refractivity contribution in [3.05, 3.63) is 70.8 Å². The number of fused-ring (bicyclic) bond motifs is 2. The van der Waals surface area contributed by atoms with Gasteiger partial charge < -0.3 is 14.3 Å². The van der Waals surface area contributed by atoms with E-state index < -0.39 is 0 Å². The predicted octanol–water partition coefficient (Wildman–Crippen LogP) is 3.72. The van der Waals surface area contributed by atoms with Crippen molar-refractivity contribution in [2.24, 2.45) is 0 Å². The van der Waals surface area contributed by atoms with Gasteiger partial charge in [0.05, 0.1) is 22.3 Å². The number of imide groups is 2. The van der Waals surface area contributed by atoms with Gasteiger partial charge in [0.2, 0.25) is 0 Å². The van der Waals surface area contributed by atoms with Crippen LogP contribution in [0, 0.1) is 0 Å². The van der Waals surface area contributed by atoms with Gasteiger partial charge in [0, 0.05) is 39.1 Å². The van der Waals surface area contributed by atoms with Crippen LogP contribution in [0.1, 0.15) is 81.0 Å². The molecule has 2 heterocycles. The number of rotatable bonds is 12. The molecule has 9 nitrogen and oxygen atoms in total. The minimum Gasteiger partial charge on any atom is -0.353 e. The zero-order valence-electron chi connectivity index (χ0n) is 21.2.